The van der Waals surface area contributed by atoms with E-state index in [0.29, 0.717) is 31.3 Å². The molecule has 0 aliphatic carbocycles. The Labute approximate surface area is 273 Å². The third-order valence-electron chi connectivity index (χ3n) is 10.1. The largest absolute Gasteiger partial charge is 0.455 e. The maximum atomic E-state index is 11.7. The zero-order valence-corrected chi connectivity index (χ0v) is 28.5. The zero-order valence-electron chi connectivity index (χ0n) is 28.5. The first kappa shape index (κ1) is 38.4. The molecule has 9 atom stereocenters. The van der Waals surface area contributed by atoms with E-state index in [1.54, 1.807) is 6.08 Å². The summed E-state index contributed by atoms with van der Waals surface area (Å²) in [5.74, 6) is -0.295. The fourth-order valence-corrected chi connectivity index (χ4v) is 7.29. The molecule has 0 amide bonds. The zero-order chi connectivity index (χ0) is 32.4. The van der Waals surface area contributed by atoms with E-state index in [4.69, 9.17) is 14.2 Å². The quantitative estimate of drug-likeness (QED) is 0.0634. The molecule has 8 nitrogen and oxygen atoms in total. The van der Waals surface area contributed by atoms with Crippen LogP contribution in [-0.2, 0) is 19.0 Å². The minimum Gasteiger partial charge on any atom is -0.455 e. The molecule has 2 fully saturated rings. The number of hydrogen-bond donors (Lipinski definition) is 4. The van der Waals surface area contributed by atoms with E-state index in [1.165, 1.54) is 38.5 Å². The number of carbonyl (C=O) groups is 1. The number of ether oxygens (including phenoxy) is 3. The summed E-state index contributed by atoms with van der Waals surface area (Å²) in [6.45, 7) is 4.07. The number of unbranched alkanes of at least 4 members (excludes halogenated alkanes) is 11. The van der Waals surface area contributed by atoms with Crippen molar-refractivity contribution in [2.24, 2.45) is 0 Å². The van der Waals surface area contributed by atoms with Crippen molar-refractivity contribution in [3.8, 4) is 0 Å². The Morgan fingerprint density at radius 2 is 1.18 bits per heavy atom. The predicted octanol–water partition coefficient (Wildman–Crippen LogP) is 6.83. The van der Waals surface area contributed by atoms with Gasteiger partial charge >= 0.3 is 5.97 Å². The summed E-state index contributed by atoms with van der Waals surface area (Å²) in [4.78, 5) is 11.7. The minimum atomic E-state index is -0.627. The van der Waals surface area contributed by atoms with E-state index in [-0.39, 0.29) is 36.5 Å². The average Bonchev–Trinajstić information content (AvgIpc) is 3.77. The van der Waals surface area contributed by atoms with Gasteiger partial charge < -0.3 is 34.6 Å². The van der Waals surface area contributed by atoms with E-state index in [9.17, 15) is 25.2 Å². The number of aliphatic hydroxyl groups is 4. The van der Waals surface area contributed by atoms with Crippen LogP contribution in [-0.4, -0.2) is 81.3 Å². The average molecular weight is 639 g/mol. The van der Waals surface area contributed by atoms with Gasteiger partial charge in [-0.15, -0.1) is 0 Å². The summed E-state index contributed by atoms with van der Waals surface area (Å²) in [5, 5.41) is 42.4. The van der Waals surface area contributed by atoms with E-state index in [1.807, 2.05) is 6.92 Å². The lowest BCUT2D eigenvalue weighted by atomic mass is 9.98. The van der Waals surface area contributed by atoms with Crippen molar-refractivity contribution in [1.29, 1.82) is 0 Å². The maximum absolute atomic E-state index is 11.7. The summed E-state index contributed by atoms with van der Waals surface area (Å²) in [6.07, 6.45) is 21.6. The molecule has 3 heterocycles. The lowest BCUT2D eigenvalue weighted by Crippen LogP contribution is -2.33. The number of rotatable bonds is 25. The van der Waals surface area contributed by atoms with Crippen LogP contribution in [0, 0.1) is 0 Å². The Morgan fingerprint density at radius 1 is 0.667 bits per heavy atom. The van der Waals surface area contributed by atoms with Crippen LogP contribution in [0.3, 0.4) is 0 Å². The van der Waals surface area contributed by atoms with Crippen molar-refractivity contribution in [1.82, 2.24) is 0 Å². The molecule has 0 spiro atoms. The molecule has 0 aromatic carbocycles. The molecule has 0 unspecified atom stereocenters. The molecule has 4 N–H and O–H groups in total. The predicted molar refractivity (Wildman–Crippen MR) is 177 cm³/mol. The van der Waals surface area contributed by atoms with Crippen molar-refractivity contribution < 1.29 is 39.4 Å². The van der Waals surface area contributed by atoms with Crippen molar-refractivity contribution in [2.75, 3.05) is 0 Å². The van der Waals surface area contributed by atoms with Crippen LogP contribution in [0.15, 0.2) is 11.6 Å². The fourth-order valence-electron chi connectivity index (χ4n) is 7.29. The molecule has 3 aliphatic heterocycles. The molecular formula is C37H66O8. The summed E-state index contributed by atoms with van der Waals surface area (Å²) in [7, 11) is 0. The summed E-state index contributed by atoms with van der Waals surface area (Å²) >= 11 is 0. The number of carbonyl (C=O) groups excluding carboxylic acids is 1. The van der Waals surface area contributed by atoms with Crippen LogP contribution in [0.1, 0.15) is 162 Å². The Balaban J connectivity index is 1.16. The third-order valence-corrected chi connectivity index (χ3v) is 10.1. The third kappa shape index (κ3) is 14.7. The molecule has 2 saturated heterocycles. The van der Waals surface area contributed by atoms with Gasteiger partial charge in [-0.2, -0.15) is 0 Å². The second-order valence-corrected chi connectivity index (χ2v) is 14.2. The molecule has 45 heavy (non-hydrogen) atoms. The molecule has 3 aliphatic rings. The van der Waals surface area contributed by atoms with Gasteiger partial charge in [0.1, 0.15) is 6.10 Å². The van der Waals surface area contributed by atoms with E-state index >= 15 is 0 Å². The van der Waals surface area contributed by atoms with Gasteiger partial charge in [0.15, 0.2) is 0 Å². The maximum Gasteiger partial charge on any atom is 0.334 e. The highest BCUT2D eigenvalue weighted by molar-refractivity contribution is 5.90. The SMILES string of the molecule is CCCCCCCCCC[C@H](O)[C@@H]1CC[C@@H]([C@@H](O)CC[C@H](O)[C@@H]2CC[C@@H](CCCCCCC[C@@H](O)CC3=C[C@H](C)OC3=O)O2)O1. The van der Waals surface area contributed by atoms with Gasteiger partial charge in [-0.1, -0.05) is 90.4 Å². The summed E-state index contributed by atoms with van der Waals surface area (Å²) < 4.78 is 17.3. The molecule has 0 saturated carbocycles. The number of aliphatic hydroxyl groups excluding tert-OH is 4. The highest BCUT2D eigenvalue weighted by Gasteiger charge is 2.36. The number of hydrogen-bond acceptors (Lipinski definition) is 8. The molecule has 0 radical (unpaired) electrons. The number of esters is 1. The van der Waals surface area contributed by atoms with Crippen molar-refractivity contribution in [2.45, 2.75) is 216 Å². The van der Waals surface area contributed by atoms with E-state index in [2.05, 4.69) is 6.92 Å². The summed E-state index contributed by atoms with van der Waals surface area (Å²) in [5.41, 5.74) is 0.600. The standard InChI is InChI=1S/C37H66O8/c1-3-4-5-6-7-8-12-15-18-31(39)35-23-24-36(45-35)33(41)21-20-32(40)34-22-19-30(44-34)17-14-11-9-10-13-16-29(38)26-28-25-27(2)43-37(28)42/h25,27,29-36,38-41H,3-24,26H2,1-2H3/t27-,29+,30+,31-,32-,33-,34-,35-,36-/m0/s1. The molecule has 0 aromatic heterocycles. The molecule has 8 heteroatoms. The first-order valence-electron chi connectivity index (χ1n) is 18.7. The van der Waals surface area contributed by atoms with Crippen LogP contribution >= 0.6 is 0 Å². The fraction of sp³-hybridized carbons (Fsp3) is 0.919. The first-order valence-corrected chi connectivity index (χ1v) is 18.7. The van der Waals surface area contributed by atoms with Crippen LogP contribution in [0.25, 0.3) is 0 Å². The van der Waals surface area contributed by atoms with Gasteiger partial charge in [-0.3, -0.25) is 0 Å². The molecular weight excluding hydrogens is 572 g/mol. The van der Waals surface area contributed by atoms with Crippen molar-refractivity contribution >= 4 is 5.97 Å². The van der Waals surface area contributed by atoms with Gasteiger partial charge in [0.2, 0.25) is 0 Å². The van der Waals surface area contributed by atoms with Gasteiger partial charge in [0.05, 0.1) is 48.8 Å². The van der Waals surface area contributed by atoms with Crippen LogP contribution < -0.4 is 0 Å². The second kappa shape index (κ2) is 21.8. The van der Waals surface area contributed by atoms with E-state index < -0.39 is 24.4 Å². The highest BCUT2D eigenvalue weighted by Crippen LogP contribution is 2.31. The normalized spacial score (nSPS) is 27.8. The second-order valence-electron chi connectivity index (χ2n) is 14.2. The summed E-state index contributed by atoms with van der Waals surface area (Å²) in [6, 6.07) is 0. The first-order chi connectivity index (χ1) is 21.8. The topological polar surface area (TPSA) is 126 Å². The van der Waals surface area contributed by atoms with Gasteiger partial charge in [-0.05, 0) is 70.8 Å². The van der Waals surface area contributed by atoms with Gasteiger partial charge in [-0.25, -0.2) is 4.79 Å². The molecule has 0 bridgehead atoms. The van der Waals surface area contributed by atoms with Crippen molar-refractivity contribution in [3.63, 3.8) is 0 Å². The lowest BCUT2D eigenvalue weighted by molar-refractivity contribution is -0.139. The van der Waals surface area contributed by atoms with Crippen molar-refractivity contribution in [3.05, 3.63) is 11.6 Å². The van der Waals surface area contributed by atoms with Gasteiger partial charge in [0.25, 0.3) is 0 Å². The molecule has 262 valence electrons. The van der Waals surface area contributed by atoms with Crippen LogP contribution in [0.5, 0.6) is 0 Å². The Morgan fingerprint density at radius 3 is 1.78 bits per heavy atom. The minimum absolute atomic E-state index is 0.162. The Kier molecular flexibility index (Phi) is 18.6. The molecule has 0 aromatic rings. The Bertz CT molecular complexity index is 833. The van der Waals surface area contributed by atoms with Gasteiger partial charge in [0, 0.05) is 12.0 Å². The van der Waals surface area contributed by atoms with E-state index in [0.717, 1.165) is 83.5 Å². The smallest absolute Gasteiger partial charge is 0.334 e. The van der Waals surface area contributed by atoms with Crippen LogP contribution in [0.2, 0.25) is 0 Å². The lowest BCUT2D eigenvalue weighted by Gasteiger charge is -2.24. The number of cyclic esters (lactones) is 1. The van der Waals surface area contributed by atoms with Crippen LogP contribution in [0.4, 0.5) is 0 Å². The monoisotopic (exact) mass is 638 g/mol. The molecule has 3 rings (SSSR count). The highest BCUT2D eigenvalue weighted by atomic mass is 16.5. The Hall–Kier alpha value is -1.03.